The molecule has 0 spiro atoms. The normalized spacial score (nSPS) is 12.5. The summed E-state index contributed by atoms with van der Waals surface area (Å²) in [5.74, 6) is 0.665. The third kappa shape index (κ3) is 3.98. The summed E-state index contributed by atoms with van der Waals surface area (Å²) in [6.07, 6.45) is 2.51. The summed E-state index contributed by atoms with van der Waals surface area (Å²) in [5, 5.41) is 0.709. The quantitative estimate of drug-likeness (QED) is 0.750. The zero-order valence-electron chi connectivity index (χ0n) is 10.3. The molecule has 0 aliphatic carbocycles. The van der Waals surface area contributed by atoms with Gasteiger partial charge >= 0.3 is 0 Å². The van der Waals surface area contributed by atoms with Gasteiger partial charge in [-0.1, -0.05) is 18.5 Å². The van der Waals surface area contributed by atoms with Gasteiger partial charge < -0.3 is 9.64 Å². The third-order valence-electron chi connectivity index (χ3n) is 2.63. The van der Waals surface area contributed by atoms with Crippen molar-refractivity contribution in [3.8, 4) is 0 Å². The molecule has 0 bridgehead atoms. The molecular formula is C11H17Cl2N3O. The van der Waals surface area contributed by atoms with E-state index in [4.69, 9.17) is 27.9 Å². The van der Waals surface area contributed by atoms with Gasteiger partial charge in [-0.2, -0.15) is 4.98 Å². The van der Waals surface area contributed by atoms with Crippen molar-refractivity contribution in [2.75, 3.05) is 25.2 Å². The predicted molar refractivity (Wildman–Crippen MR) is 71.0 cm³/mol. The largest absolute Gasteiger partial charge is 0.383 e. The SMILES string of the molecule is CCC(C)N(CCOC)c1nc(Cl)ncc1Cl. The van der Waals surface area contributed by atoms with E-state index in [-0.39, 0.29) is 5.28 Å². The van der Waals surface area contributed by atoms with Gasteiger partial charge in [0, 0.05) is 19.7 Å². The average molecular weight is 278 g/mol. The molecule has 4 nitrogen and oxygen atoms in total. The Hall–Kier alpha value is -0.580. The Kier molecular flexibility index (Phi) is 5.95. The summed E-state index contributed by atoms with van der Waals surface area (Å²) in [6, 6.07) is 0.314. The fourth-order valence-electron chi connectivity index (χ4n) is 1.48. The summed E-state index contributed by atoms with van der Waals surface area (Å²) in [5.41, 5.74) is 0. The molecule has 0 aliphatic rings. The molecule has 0 radical (unpaired) electrons. The Morgan fingerprint density at radius 3 is 2.76 bits per heavy atom. The standard InChI is InChI=1S/C11H17Cl2N3O/c1-4-8(2)16(5-6-17-3)10-9(12)7-14-11(13)15-10/h7-8H,4-6H2,1-3H3. The van der Waals surface area contributed by atoms with Crippen molar-refractivity contribution in [3.05, 3.63) is 16.5 Å². The molecule has 6 heteroatoms. The first-order valence-corrected chi connectivity index (χ1v) is 6.29. The molecule has 1 aromatic heterocycles. The van der Waals surface area contributed by atoms with Crippen LogP contribution in [0.3, 0.4) is 0 Å². The molecule has 0 amide bonds. The van der Waals surface area contributed by atoms with Crippen LogP contribution >= 0.6 is 23.2 Å². The van der Waals surface area contributed by atoms with Gasteiger partial charge in [0.2, 0.25) is 5.28 Å². The minimum Gasteiger partial charge on any atom is -0.383 e. The van der Waals surface area contributed by atoms with Crippen LogP contribution in [0.15, 0.2) is 6.20 Å². The molecule has 0 N–H and O–H groups in total. The van der Waals surface area contributed by atoms with Crippen molar-refractivity contribution >= 4 is 29.0 Å². The number of hydrogen-bond acceptors (Lipinski definition) is 4. The molecule has 1 atom stereocenters. The van der Waals surface area contributed by atoms with Crippen LogP contribution in [0, 0.1) is 0 Å². The highest BCUT2D eigenvalue weighted by molar-refractivity contribution is 6.33. The molecular weight excluding hydrogens is 261 g/mol. The number of aromatic nitrogens is 2. The zero-order chi connectivity index (χ0) is 12.8. The molecule has 1 rings (SSSR count). The summed E-state index contributed by atoms with van der Waals surface area (Å²) in [4.78, 5) is 10.1. The van der Waals surface area contributed by atoms with E-state index >= 15 is 0 Å². The van der Waals surface area contributed by atoms with E-state index in [0.717, 1.165) is 13.0 Å². The van der Waals surface area contributed by atoms with Gasteiger partial charge in [-0.25, -0.2) is 4.98 Å². The molecule has 1 aromatic rings. The smallest absolute Gasteiger partial charge is 0.224 e. The minimum atomic E-state index is 0.204. The van der Waals surface area contributed by atoms with Gasteiger partial charge in [-0.15, -0.1) is 0 Å². The van der Waals surface area contributed by atoms with Gasteiger partial charge in [0.25, 0.3) is 0 Å². The van der Waals surface area contributed by atoms with Gasteiger partial charge in [0.1, 0.15) is 5.02 Å². The maximum Gasteiger partial charge on any atom is 0.224 e. The van der Waals surface area contributed by atoms with Crippen LogP contribution < -0.4 is 4.90 Å². The van der Waals surface area contributed by atoms with E-state index in [2.05, 4.69) is 28.7 Å². The van der Waals surface area contributed by atoms with Crippen molar-refractivity contribution in [2.24, 2.45) is 0 Å². The zero-order valence-corrected chi connectivity index (χ0v) is 11.8. The van der Waals surface area contributed by atoms with Crippen LogP contribution in [0.4, 0.5) is 5.82 Å². The van der Waals surface area contributed by atoms with E-state index in [1.165, 1.54) is 6.20 Å². The van der Waals surface area contributed by atoms with E-state index in [1.807, 2.05) is 0 Å². The first-order chi connectivity index (χ1) is 8.10. The summed E-state index contributed by atoms with van der Waals surface area (Å²) in [6.45, 7) is 5.56. The summed E-state index contributed by atoms with van der Waals surface area (Å²) in [7, 11) is 1.67. The number of hydrogen-bond donors (Lipinski definition) is 0. The molecule has 17 heavy (non-hydrogen) atoms. The topological polar surface area (TPSA) is 38.2 Å². The van der Waals surface area contributed by atoms with Crippen molar-refractivity contribution in [1.82, 2.24) is 9.97 Å². The Balaban J connectivity index is 2.98. The first kappa shape index (κ1) is 14.5. The summed E-state index contributed by atoms with van der Waals surface area (Å²) < 4.78 is 5.10. The van der Waals surface area contributed by atoms with Crippen molar-refractivity contribution in [2.45, 2.75) is 26.3 Å². The summed E-state index contributed by atoms with van der Waals surface area (Å²) >= 11 is 11.9. The second-order valence-electron chi connectivity index (χ2n) is 3.75. The fraction of sp³-hybridized carbons (Fsp3) is 0.636. The molecule has 0 fully saturated rings. The second kappa shape index (κ2) is 6.99. The van der Waals surface area contributed by atoms with Crippen molar-refractivity contribution in [3.63, 3.8) is 0 Å². The molecule has 96 valence electrons. The molecule has 0 saturated heterocycles. The van der Waals surface area contributed by atoms with Crippen molar-refractivity contribution in [1.29, 1.82) is 0 Å². The molecule has 0 aliphatic heterocycles. The van der Waals surface area contributed by atoms with Gasteiger partial charge in [0.15, 0.2) is 5.82 Å². The number of halogens is 2. The fourth-order valence-corrected chi connectivity index (χ4v) is 1.81. The monoisotopic (exact) mass is 277 g/mol. The highest BCUT2D eigenvalue weighted by Gasteiger charge is 2.17. The van der Waals surface area contributed by atoms with Crippen LogP contribution in [0.1, 0.15) is 20.3 Å². The third-order valence-corrected chi connectivity index (χ3v) is 3.08. The lowest BCUT2D eigenvalue weighted by atomic mass is 10.2. The van der Waals surface area contributed by atoms with E-state index in [1.54, 1.807) is 7.11 Å². The Labute approximate surface area is 112 Å². The van der Waals surface area contributed by atoms with Crippen LogP contribution in [-0.2, 0) is 4.74 Å². The first-order valence-electron chi connectivity index (χ1n) is 5.53. The maximum absolute atomic E-state index is 6.10. The highest BCUT2D eigenvalue weighted by atomic mass is 35.5. The number of nitrogens with zero attached hydrogens (tertiary/aromatic N) is 3. The van der Waals surface area contributed by atoms with Crippen LogP contribution in [0.5, 0.6) is 0 Å². The highest BCUT2D eigenvalue weighted by Crippen LogP contribution is 2.26. The molecule has 0 aromatic carbocycles. The average Bonchev–Trinajstić information content (AvgIpc) is 2.33. The molecule has 1 unspecified atom stereocenters. The van der Waals surface area contributed by atoms with Gasteiger partial charge in [-0.3, -0.25) is 0 Å². The van der Waals surface area contributed by atoms with Gasteiger partial charge in [0.05, 0.1) is 12.8 Å². The Morgan fingerprint density at radius 1 is 1.47 bits per heavy atom. The van der Waals surface area contributed by atoms with Crippen LogP contribution in [0.25, 0.3) is 0 Å². The minimum absolute atomic E-state index is 0.204. The van der Waals surface area contributed by atoms with Crippen LogP contribution in [-0.4, -0.2) is 36.3 Å². The maximum atomic E-state index is 6.10. The van der Waals surface area contributed by atoms with Crippen molar-refractivity contribution < 1.29 is 4.74 Å². The number of rotatable bonds is 6. The Morgan fingerprint density at radius 2 is 2.18 bits per heavy atom. The predicted octanol–water partition coefficient (Wildman–Crippen LogP) is 3.03. The lowest BCUT2D eigenvalue weighted by molar-refractivity contribution is 0.203. The van der Waals surface area contributed by atoms with Crippen LogP contribution in [0.2, 0.25) is 10.3 Å². The Bertz CT molecular complexity index is 363. The number of anilines is 1. The van der Waals surface area contributed by atoms with E-state index in [9.17, 15) is 0 Å². The van der Waals surface area contributed by atoms with E-state index in [0.29, 0.717) is 23.5 Å². The lowest BCUT2D eigenvalue weighted by Crippen LogP contribution is -2.36. The number of methoxy groups -OCH3 is 1. The second-order valence-corrected chi connectivity index (χ2v) is 4.50. The lowest BCUT2D eigenvalue weighted by Gasteiger charge is -2.30. The molecule has 1 heterocycles. The van der Waals surface area contributed by atoms with Gasteiger partial charge in [-0.05, 0) is 24.9 Å². The number of ether oxygens (including phenoxy) is 1. The molecule has 0 saturated carbocycles. The van der Waals surface area contributed by atoms with E-state index < -0.39 is 0 Å².